The summed E-state index contributed by atoms with van der Waals surface area (Å²) in [6, 6.07) is 12.0. The van der Waals surface area contributed by atoms with Crippen LogP contribution in [0.25, 0.3) is 0 Å². The fourth-order valence-electron chi connectivity index (χ4n) is 3.11. The van der Waals surface area contributed by atoms with Gasteiger partial charge in [0.1, 0.15) is 0 Å². The summed E-state index contributed by atoms with van der Waals surface area (Å²) in [7, 11) is 0. The number of nitriles is 1. The molecular weight excluding hydrogens is 304 g/mol. The van der Waals surface area contributed by atoms with E-state index in [0.29, 0.717) is 16.7 Å². The van der Waals surface area contributed by atoms with Crippen LogP contribution in [0.5, 0.6) is 11.5 Å². The minimum Gasteiger partial charge on any atom is -0.504 e. The van der Waals surface area contributed by atoms with Gasteiger partial charge in [0.15, 0.2) is 11.5 Å². The summed E-state index contributed by atoms with van der Waals surface area (Å²) in [5.74, 6) is -0.867. The Morgan fingerprint density at radius 1 is 1.21 bits per heavy atom. The van der Waals surface area contributed by atoms with Crippen LogP contribution in [0.15, 0.2) is 36.4 Å². The van der Waals surface area contributed by atoms with Crippen LogP contribution in [0.1, 0.15) is 46.3 Å². The molecule has 0 aromatic heterocycles. The second kappa shape index (κ2) is 5.89. The number of aromatic hydroxyl groups is 2. The highest BCUT2D eigenvalue weighted by Gasteiger charge is 2.40. The summed E-state index contributed by atoms with van der Waals surface area (Å²) >= 11 is 0. The van der Waals surface area contributed by atoms with Crippen molar-refractivity contribution in [1.82, 2.24) is 5.32 Å². The van der Waals surface area contributed by atoms with Gasteiger partial charge in [0.05, 0.1) is 17.2 Å². The van der Waals surface area contributed by atoms with Gasteiger partial charge in [-0.2, -0.15) is 5.26 Å². The molecule has 1 amide bonds. The van der Waals surface area contributed by atoms with Crippen molar-refractivity contribution < 1.29 is 15.0 Å². The van der Waals surface area contributed by atoms with Crippen molar-refractivity contribution in [2.45, 2.75) is 31.7 Å². The van der Waals surface area contributed by atoms with E-state index in [1.54, 1.807) is 19.1 Å². The third-order valence-corrected chi connectivity index (χ3v) is 4.67. The van der Waals surface area contributed by atoms with Gasteiger partial charge < -0.3 is 15.5 Å². The lowest BCUT2D eigenvalue weighted by Gasteiger charge is -2.43. The van der Waals surface area contributed by atoms with Crippen molar-refractivity contribution in [2.75, 3.05) is 0 Å². The van der Waals surface area contributed by atoms with E-state index in [4.69, 9.17) is 5.26 Å². The van der Waals surface area contributed by atoms with E-state index in [2.05, 4.69) is 11.4 Å². The predicted octanol–water partition coefficient (Wildman–Crippen LogP) is 3.09. The van der Waals surface area contributed by atoms with E-state index in [1.165, 1.54) is 12.1 Å². The Labute approximate surface area is 140 Å². The highest BCUT2D eigenvalue weighted by Crippen LogP contribution is 2.42. The summed E-state index contributed by atoms with van der Waals surface area (Å²) in [6.07, 6.45) is 2.60. The number of carbonyl (C=O) groups excluding carboxylic acids is 1. The second-order valence-corrected chi connectivity index (χ2v) is 6.24. The molecule has 0 radical (unpaired) electrons. The Balaban J connectivity index is 1.92. The van der Waals surface area contributed by atoms with Crippen molar-refractivity contribution in [3.63, 3.8) is 0 Å². The number of benzene rings is 2. The SMILES string of the molecule is Cc1cc(O)c(O)cc1C(=O)NC1(c2cccc(C#N)c2)CCC1. The van der Waals surface area contributed by atoms with Crippen LogP contribution in [-0.2, 0) is 5.54 Å². The van der Waals surface area contributed by atoms with Gasteiger partial charge in [-0.15, -0.1) is 0 Å². The number of nitrogens with one attached hydrogen (secondary N) is 1. The molecule has 0 saturated heterocycles. The summed E-state index contributed by atoms with van der Waals surface area (Å²) < 4.78 is 0. The molecule has 3 N–H and O–H groups in total. The molecule has 0 bridgehead atoms. The topological polar surface area (TPSA) is 93.3 Å². The number of hydrogen-bond donors (Lipinski definition) is 3. The quantitative estimate of drug-likeness (QED) is 0.757. The number of hydrogen-bond acceptors (Lipinski definition) is 4. The molecule has 1 aliphatic carbocycles. The third kappa shape index (κ3) is 2.67. The minimum atomic E-state index is -0.482. The molecule has 122 valence electrons. The van der Waals surface area contributed by atoms with Crippen LogP contribution in [0.3, 0.4) is 0 Å². The smallest absolute Gasteiger partial charge is 0.252 e. The molecule has 1 saturated carbocycles. The molecule has 0 spiro atoms. The molecule has 2 aromatic rings. The van der Waals surface area contributed by atoms with Crippen molar-refractivity contribution in [2.24, 2.45) is 0 Å². The second-order valence-electron chi connectivity index (χ2n) is 6.24. The lowest BCUT2D eigenvalue weighted by Crippen LogP contribution is -2.50. The lowest BCUT2D eigenvalue weighted by atomic mass is 9.71. The van der Waals surface area contributed by atoms with Crippen LogP contribution in [0, 0.1) is 18.3 Å². The van der Waals surface area contributed by atoms with E-state index in [1.807, 2.05) is 12.1 Å². The maximum Gasteiger partial charge on any atom is 0.252 e. The number of nitrogens with zero attached hydrogens (tertiary/aromatic N) is 1. The van der Waals surface area contributed by atoms with E-state index < -0.39 is 5.54 Å². The predicted molar refractivity (Wildman–Crippen MR) is 88.7 cm³/mol. The Kier molecular flexibility index (Phi) is 3.90. The van der Waals surface area contributed by atoms with Crippen LogP contribution >= 0.6 is 0 Å². The van der Waals surface area contributed by atoms with E-state index in [0.717, 1.165) is 24.8 Å². The summed E-state index contributed by atoms with van der Waals surface area (Å²) in [5, 5.41) is 31.3. The van der Waals surface area contributed by atoms with Gasteiger partial charge in [-0.1, -0.05) is 12.1 Å². The molecule has 24 heavy (non-hydrogen) atoms. The molecule has 1 aliphatic rings. The fraction of sp³-hybridized carbons (Fsp3) is 0.263. The van der Waals surface area contributed by atoms with Crippen molar-refractivity contribution in [3.8, 4) is 17.6 Å². The lowest BCUT2D eigenvalue weighted by molar-refractivity contribution is 0.0822. The van der Waals surface area contributed by atoms with Crippen molar-refractivity contribution in [3.05, 3.63) is 58.7 Å². The van der Waals surface area contributed by atoms with Crippen LogP contribution < -0.4 is 5.32 Å². The maximum atomic E-state index is 12.7. The fourth-order valence-corrected chi connectivity index (χ4v) is 3.11. The number of carbonyl (C=O) groups is 1. The normalized spacial score (nSPS) is 15.2. The monoisotopic (exact) mass is 322 g/mol. The Morgan fingerprint density at radius 2 is 1.92 bits per heavy atom. The molecule has 5 nitrogen and oxygen atoms in total. The first-order chi connectivity index (χ1) is 11.4. The minimum absolute atomic E-state index is 0.246. The number of rotatable bonds is 3. The molecule has 2 aromatic carbocycles. The first-order valence-corrected chi connectivity index (χ1v) is 7.81. The standard InChI is InChI=1S/C19H18N2O3/c1-12-8-16(22)17(23)10-15(12)18(24)21-19(6-3-7-19)14-5-2-4-13(9-14)11-20/h2,4-5,8-10,22-23H,3,6-7H2,1H3,(H,21,24). The molecular formula is C19H18N2O3. The highest BCUT2D eigenvalue weighted by molar-refractivity contribution is 5.97. The molecule has 3 rings (SSSR count). The molecule has 0 unspecified atom stereocenters. The Hall–Kier alpha value is -3.00. The van der Waals surface area contributed by atoms with Gasteiger partial charge >= 0.3 is 0 Å². The Morgan fingerprint density at radius 3 is 2.54 bits per heavy atom. The number of phenolic OH excluding ortho intramolecular Hbond substituents is 2. The third-order valence-electron chi connectivity index (χ3n) is 4.67. The molecule has 5 heteroatoms. The average Bonchev–Trinajstić information content (AvgIpc) is 2.54. The number of phenols is 2. The summed E-state index contributed by atoms with van der Waals surface area (Å²) in [4.78, 5) is 12.7. The van der Waals surface area contributed by atoms with Gasteiger partial charge in [-0.05, 0) is 61.6 Å². The van der Waals surface area contributed by atoms with Gasteiger partial charge in [0, 0.05) is 5.56 Å². The maximum absolute atomic E-state index is 12.7. The summed E-state index contributed by atoms with van der Waals surface area (Å²) in [6.45, 7) is 1.71. The average molecular weight is 322 g/mol. The van der Waals surface area contributed by atoms with Gasteiger partial charge in [-0.3, -0.25) is 4.79 Å². The van der Waals surface area contributed by atoms with Gasteiger partial charge in [0.25, 0.3) is 5.91 Å². The van der Waals surface area contributed by atoms with Crippen molar-refractivity contribution >= 4 is 5.91 Å². The van der Waals surface area contributed by atoms with Crippen LogP contribution in [0.4, 0.5) is 0 Å². The zero-order chi connectivity index (χ0) is 17.3. The van der Waals surface area contributed by atoms with Gasteiger partial charge in [-0.25, -0.2) is 0 Å². The molecule has 0 heterocycles. The Bertz CT molecular complexity index is 848. The first-order valence-electron chi connectivity index (χ1n) is 7.81. The van der Waals surface area contributed by atoms with Crippen LogP contribution in [0.2, 0.25) is 0 Å². The largest absolute Gasteiger partial charge is 0.504 e. The van der Waals surface area contributed by atoms with E-state index >= 15 is 0 Å². The summed E-state index contributed by atoms with van der Waals surface area (Å²) in [5.41, 5.74) is 1.91. The zero-order valence-corrected chi connectivity index (χ0v) is 13.3. The highest BCUT2D eigenvalue weighted by atomic mass is 16.3. The van der Waals surface area contributed by atoms with Crippen molar-refractivity contribution in [1.29, 1.82) is 5.26 Å². The van der Waals surface area contributed by atoms with E-state index in [-0.39, 0.29) is 17.4 Å². The molecule has 0 aliphatic heterocycles. The molecule has 0 atom stereocenters. The molecule has 1 fully saturated rings. The first kappa shape index (κ1) is 15.9. The number of aryl methyl sites for hydroxylation is 1. The van der Waals surface area contributed by atoms with E-state index in [9.17, 15) is 15.0 Å². The zero-order valence-electron chi connectivity index (χ0n) is 13.3. The van der Waals surface area contributed by atoms with Crippen LogP contribution in [-0.4, -0.2) is 16.1 Å². The van der Waals surface area contributed by atoms with Gasteiger partial charge in [0.2, 0.25) is 0 Å². The number of amides is 1.